The molecule has 0 unspecified atom stereocenters. The van der Waals surface area contributed by atoms with E-state index in [9.17, 15) is 9.18 Å². The van der Waals surface area contributed by atoms with Crippen LogP contribution < -0.4 is 5.32 Å². The van der Waals surface area contributed by atoms with Gasteiger partial charge in [0.25, 0.3) is 5.91 Å². The van der Waals surface area contributed by atoms with Crippen molar-refractivity contribution in [3.63, 3.8) is 0 Å². The number of carbonyl (C=O) groups is 1. The minimum absolute atomic E-state index is 0.0676. The molecule has 0 radical (unpaired) electrons. The van der Waals surface area contributed by atoms with Crippen LogP contribution in [0.2, 0.25) is 5.02 Å². The van der Waals surface area contributed by atoms with E-state index in [0.717, 1.165) is 22.9 Å². The summed E-state index contributed by atoms with van der Waals surface area (Å²) in [6.07, 6.45) is 1.98. The van der Waals surface area contributed by atoms with Gasteiger partial charge in [0.05, 0.1) is 10.6 Å². The molecule has 1 aliphatic rings. The molecule has 2 aromatic rings. The minimum atomic E-state index is -0.246. The van der Waals surface area contributed by atoms with Gasteiger partial charge in [0.2, 0.25) is 0 Å². The Labute approximate surface area is 141 Å². The summed E-state index contributed by atoms with van der Waals surface area (Å²) in [5.74, 6) is -0.441. The van der Waals surface area contributed by atoms with E-state index in [1.165, 1.54) is 12.1 Å². The molecule has 0 spiro atoms. The molecular weight excluding hydrogens is 369 g/mol. The van der Waals surface area contributed by atoms with Gasteiger partial charge >= 0.3 is 0 Å². The van der Waals surface area contributed by atoms with Crippen molar-refractivity contribution in [3.8, 4) is 0 Å². The lowest BCUT2D eigenvalue weighted by Gasteiger charge is -2.17. The van der Waals surface area contributed by atoms with Crippen LogP contribution in [-0.2, 0) is 5.41 Å². The molecule has 2 nitrogen and oxygen atoms in total. The van der Waals surface area contributed by atoms with Crippen LogP contribution >= 0.6 is 27.5 Å². The van der Waals surface area contributed by atoms with Gasteiger partial charge in [0, 0.05) is 16.4 Å². The molecule has 0 aliphatic heterocycles. The first kappa shape index (κ1) is 15.5. The fourth-order valence-electron chi connectivity index (χ4n) is 2.54. The van der Waals surface area contributed by atoms with Crippen molar-refractivity contribution in [2.45, 2.75) is 18.3 Å². The zero-order valence-electron chi connectivity index (χ0n) is 11.7. The zero-order chi connectivity index (χ0) is 15.7. The molecule has 0 bridgehead atoms. The molecule has 0 atom stereocenters. The first-order valence-electron chi connectivity index (χ1n) is 6.99. The molecule has 0 heterocycles. The van der Waals surface area contributed by atoms with Gasteiger partial charge in [-0.15, -0.1) is 0 Å². The van der Waals surface area contributed by atoms with Crippen LogP contribution in [0.15, 0.2) is 46.9 Å². The summed E-state index contributed by atoms with van der Waals surface area (Å²) in [7, 11) is 0. The second-order valence-corrected chi connectivity index (χ2v) is 6.92. The molecule has 0 aromatic heterocycles. The zero-order valence-corrected chi connectivity index (χ0v) is 14.0. The van der Waals surface area contributed by atoms with Gasteiger partial charge in [-0.3, -0.25) is 4.79 Å². The predicted molar refractivity (Wildman–Crippen MR) is 88.8 cm³/mol. The maximum Gasteiger partial charge on any atom is 0.252 e. The highest BCUT2D eigenvalue weighted by atomic mass is 79.9. The number of nitrogens with one attached hydrogen (secondary N) is 1. The molecule has 114 valence electrons. The molecule has 1 fully saturated rings. The van der Waals surface area contributed by atoms with Crippen LogP contribution in [0, 0.1) is 5.82 Å². The Morgan fingerprint density at radius 3 is 2.55 bits per heavy atom. The Balaban J connectivity index is 1.71. The lowest BCUT2D eigenvalue weighted by molar-refractivity contribution is 0.0950. The van der Waals surface area contributed by atoms with Gasteiger partial charge in [-0.1, -0.05) is 39.7 Å². The van der Waals surface area contributed by atoms with Gasteiger partial charge in [0.1, 0.15) is 5.82 Å². The summed E-state index contributed by atoms with van der Waals surface area (Å²) in [6, 6.07) is 11.7. The standard InChI is InChI=1S/C17H14BrClFNO/c18-12-3-6-15(19)14(9-12)16(22)21-10-17(7-8-17)11-1-4-13(20)5-2-11/h1-6,9H,7-8,10H2,(H,21,22). The summed E-state index contributed by atoms with van der Waals surface area (Å²) < 4.78 is 13.8. The summed E-state index contributed by atoms with van der Waals surface area (Å²) >= 11 is 9.40. The maximum absolute atomic E-state index is 13.0. The van der Waals surface area contributed by atoms with Crippen LogP contribution in [0.5, 0.6) is 0 Å². The van der Waals surface area contributed by atoms with Gasteiger partial charge in [-0.25, -0.2) is 4.39 Å². The largest absolute Gasteiger partial charge is 0.351 e. The number of benzene rings is 2. The Morgan fingerprint density at radius 2 is 1.91 bits per heavy atom. The smallest absolute Gasteiger partial charge is 0.252 e. The highest BCUT2D eigenvalue weighted by Crippen LogP contribution is 2.47. The van der Waals surface area contributed by atoms with Gasteiger partial charge < -0.3 is 5.32 Å². The van der Waals surface area contributed by atoms with Crippen LogP contribution in [0.3, 0.4) is 0 Å². The van der Waals surface area contributed by atoms with E-state index in [2.05, 4.69) is 21.2 Å². The van der Waals surface area contributed by atoms with Gasteiger partial charge in [-0.05, 0) is 48.7 Å². The Hall–Kier alpha value is -1.39. The van der Waals surface area contributed by atoms with Gasteiger partial charge in [0.15, 0.2) is 0 Å². The number of rotatable bonds is 4. The molecule has 1 N–H and O–H groups in total. The van der Waals surface area contributed by atoms with Crippen LogP contribution in [0.4, 0.5) is 4.39 Å². The van der Waals surface area contributed by atoms with E-state index in [4.69, 9.17) is 11.6 Å². The number of amides is 1. The molecule has 2 aromatic carbocycles. The Morgan fingerprint density at radius 1 is 1.23 bits per heavy atom. The average molecular weight is 383 g/mol. The monoisotopic (exact) mass is 381 g/mol. The van der Waals surface area contributed by atoms with E-state index >= 15 is 0 Å². The van der Waals surface area contributed by atoms with E-state index in [1.807, 2.05) is 0 Å². The lowest BCUT2D eigenvalue weighted by Crippen LogP contribution is -2.32. The summed E-state index contributed by atoms with van der Waals surface area (Å²) in [5, 5.41) is 3.37. The molecule has 5 heteroatoms. The molecule has 22 heavy (non-hydrogen) atoms. The second-order valence-electron chi connectivity index (χ2n) is 5.59. The van der Waals surface area contributed by atoms with E-state index in [-0.39, 0.29) is 17.1 Å². The third-order valence-corrected chi connectivity index (χ3v) is 4.89. The maximum atomic E-state index is 13.0. The Kier molecular flexibility index (Phi) is 4.24. The van der Waals surface area contributed by atoms with Crippen LogP contribution in [0.25, 0.3) is 0 Å². The quantitative estimate of drug-likeness (QED) is 0.815. The van der Waals surface area contributed by atoms with Crippen molar-refractivity contribution in [2.75, 3.05) is 6.54 Å². The number of carbonyl (C=O) groups excluding carboxylic acids is 1. The molecule has 0 saturated heterocycles. The van der Waals surface area contributed by atoms with E-state index in [0.29, 0.717) is 17.1 Å². The molecule has 1 amide bonds. The van der Waals surface area contributed by atoms with Crippen molar-refractivity contribution >= 4 is 33.4 Å². The fourth-order valence-corrected chi connectivity index (χ4v) is 3.10. The van der Waals surface area contributed by atoms with E-state index in [1.54, 1.807) is 30.3 Å². The normalized spacial score (nSPS) is 15.4. The fraction of sp³-hybridized carbons (Fsp3) is 0.235. The lowest BCUT2D eigenvalue weighted by atomic mass is 9.96. The van der Waals surface area contributed by atoms with Crippen molar-refractivity contribution in [3.05, 3.63) is 68.9 Å². The topological polar surface area (TPSA) is 29.1 Å². The summed E-state index contributed by atoms with van der Waals surface area (Å²) in [5.41, 5.74) is 1.45. The SMILES string of the molecule is O=C(NCC1(c2ccc(F)cc2)CC1)c1cc(Br)ccc1Cl. The molecule has 3 rings (SSSR count). The van der Waals surface area contributed by atoms with Crippen molar-refractivity contribution in [2.24, 2.45) is 0 Å². The highest BCUT2D eigenvalue weighted by molar-refractivity contribution is 9.10. The number of hydrogen-bond acceptors (Lipinski definition) is 1. The van der Waals surface area contributed by atoms with Crippen molar-refractivity contribution in [1.29, 1.82) is 0 Å². The average Bonchev–Trinajstić information content (AvgIpc) is 3.29. The Bertz CT molecular complexity index is 713. The molecular formula is C17H14BrClFNO. The minimum Gasteiger partial charge on any atom is -0.351 e. The van der Waals surface area contributed by atoms with Crippen molar-refractivity contribution in [1.82, 2.24) is 5.32 Å². The van der Waals surface area contributed by atoms with Crippen LogP contribution in [0.1, 0.15) is 28.8 Å². The predicted octanol–water partition coefficient (Wildman–Crippen LogP) is 4.70. The van der Waals surface area contributed by atoms with Crippen LogP contribution in [-0.4, -0.2) is 12.5 Å². The molecule has 1 aliphatic carbocycles. The highest BCUT2D eigenvalue weighted by Gasteiger charge is 2.44. The second kappa shape index (κ2) is 6.01. The van der Waals surface area contributed by atoms with E-state index < -0.39 is 0 Å². The third-order valence-electron chi connectivity index (χ3n) is 4.07. The van der Waals surface area contributed by atoms with Gasteiger partial charge in [-0.2, -0.15) is 0 Å². The summed E-state index contributed by atoms with van der Waals surface area (Å²) in [4.78, 5) is 12.3. The molecule has 1 saturated carbocycles. The third kappa shape index (κ3) is 3.18. The first-order valence-corrected chi connectivity index (χ1v) is 8.17. The summed E-state index contributed by atoms with van der Waals surface area (Å²) in [6.45, 7) is 0.528. The number of halogens is 3. The van der Waals surface area contributed by atoms with Crippen molar-refractivity contribution < 1.29 is 9.18 Å². The number of hydrogen-bond donors (Lipinski definition) is 1. The first-order chi connectivity index (χ1) is 10.5.